The summed E-state index contributed by atoms with van der Waals surface area (Å²) < 4.78 is 0. The smallest absolute Gasteiger partial charge is 0.317 e. The third-order valence-corrected chi connectivity index (χ3v) is 5.44. The molecule has 2 heterocycles. The van der Waals surface area contributed by atoms with Crippen LogP contribution in [0.2, 0.25) is 0 Å². The number of hydrogen-bond acceptors (Lipinski definition) is 3. The molecule has 0 bridgehead atoms. The molecule has 3 unspecified atom stereocenters. The van der Waals surface area contributed by atoms with E-state index in [9.17, 15) is 14.7 Å². The Kier molecular flexibility index (Phi) is 6.14. The Morgan fingerprint density at radius 2 is 1.88 bits per heavy atom. The van der Waals surface area contributed by atoms with Gasteiger partial charge >= 0.3 is 12.0 Å². The van der Waals surface area contributed by atoms with Crippen molar-refractivity contribution in [1.29, 1.82) is 0 Å². The van der Waals surface area contributed by atoms with Crippen LogP contribution >= 0.6 is 0 Å². The van der Waals surface area contributed by atoms with E-state index in [2.05, 4.69) is 10.2 Å². The maximum atomic E-state index is 12.9. The first-order valence-corrected chi connectivity index (χ1v) is 9.58. The number of nitrogens with zero attached hydrogens (tertiary/aromatic N) is 2. The van der Waals surface area contributed by atoms with Gasteiger partial charge in [-0.05, 0) is 43.8 Å². The Morgan fingerprint density at radius 3 is 2.54 bits per heavy atom. The number of aliphatic carboxylic acids is 1. The molecule has 142 valence electrons. The van der Waals surface area contributed by atoms with Crippen LogP contribution in [0.4, 0.5) is 4.79 Å². The van der Waals surface area contributed by atoms with Gasteiger partial charge in [-0.2, -0.15) is 0 Å². The lowest BCUT2D eigenvalue weighted by Crippen LogP contribution is -2.51. The molecule has 2 aliphatic heterocycles. The zero-order valence-corrected chi connectivity index (χ0v) is 15.4. The Balaban J connectivity index is 1.68. The fourth-order valence-electron chi connectivity index (χ4n) is 4.08. The van der Waals surface area contributed by atoms with Crippen LogP contribution < -0.4 is 5.32 Å². The van der Waals surface area contributed by atoms with Gasteiger partial charge in [0.05, 0.1) is 12.0 Å². The summed E-state index contributed by atoms with van der Waals surface area (Å²) >= 11 is 0. The number of piperidine rings is 1. The molecule has 26 heavy (non-hydrogen) atoms. The number of carbonyl (C=O) groups excluding carboxylic acids is 1. The van der Waals surface area contributed by atoms with E-state index in [1.54, 1.807) is 4.90 Å². The third-order valence-electron chi connectivity index (χ3n) is 5.44. The minimum Gasteiger partial charge on any atom is -0.481 e. The van der Waals surface area contributed by atoms with Gasteiger partial charge in [0, 0.05) is 19.6 Å². The summed E-state index contributed by atoms with van der Waals surface area (Å²) in [6.07, 6.45) is 3.05. The second kappa shape index (κ2) is 8.54. The van der Waals surface area contributed by atoms with Crippen LogP contribution in [0.25, 0.3) is 0 Å². The molecular weight excluding hydrogens is 330 g/mol. The number of carboxylic acids is 1. The summed E-state index contributed by atoms with van der Waals surface area (Å²) in [7, 11) is 0. The second-order valence-corrected chi connectivity index (χ2v) is 7.70. The number of likely N-dealkylation sites (tertiary alicyclic amines) is 2. The lowest BCUT2D eigenvalue weighted by molar-refractivity contribution is -0.143. The van der Waals surface area contributed by atoms with Gasteiger partial charge in [-0.1, -0.05) is 37.3 Å². The van der Waals surface area contributed by atoms with Gasteiger partial charge in [-0.25, -0.2) is 4.79 Å². The van der Waals surface area contributed by atoms with Crippen molar-refractivity contribution in [1.82, 2.24) is 15.1 Å². The standard InChI is InChI=1S/C20H29N3O3/c1-15-11-17(19(24)25)13-23(12-15)20(26)21-18(14-22-9-5-6-10-22)16-7-3-2-4-8-16/h2-4,7-8,15,17-18H,5-6,9-14H2,1H3,(H,21,26)(H,24,25). The summed E-state index contributed by atoms with van der Waals surface area (Å²) in [6, 6.07) is 9.80. The van der Waals surface area contributed by atoms with Crippen LogP contribution in [0, 0.1) is 11.8 Å². The average molecular weight is 359 g/mol. The Labute approximate surface area is 155 Å². The van der Waals surface area contributed by atoms with Crippen LogP contribution in [-0.4, -0.2) is 59.6 Å². The van der Waals surface area contributed by atoms with Gasteiger partial charge in [0.25, 0.3) is 0 Å². The number of carbonyl (C=O) groups is 2. The predicted octanol–water partition coefficient (Wildman–Crippen LogP) is 2.58. The van der Waals surface area contributed by atoms with E-state index in [0.717, 1.165) is 25.2 Å². The van der Waals surface area contributed by atoms with E-state index in [1.165, 1.54) is 12.8 Å². The highest BCUT2D eigenvalue weighted by atomic mass is 16.4. The molecule has 0 radical (unpaired) electrons. The highest BCUT2D eigenvalue weighted by Crippen LogP contribution is 2.23. The maximum absolute atomic E-state index is 12.9. The molecule has 0 spiro atoms. The van der Waals surface area contributed by atoms with E-state index in [-0.39, 0.29) is 24.5 Å². The largest absolute Gasteiger partial charge is 0.481 e. The minimum absolute atomic E-state index is 0.0812. The molecule has 0 saturated carbocycles. The number of benzene rings is 1. The molecule has 2 fully saturated rings. The van der Waals surface area contributed by atoms with Crippen molar-refractivity contribution in [2.24, 2.45) is 11.8 Å². The van der Waals surface area contributed by atoms with Gasteiger partial charge in [-0.15, -0.1) is 0 Å². The van der Waals surface area contributed by atoms with Crippen LogP contribution in [0.3, 0.4) is 0 Å². The van der Waals surface area contributed by atoms with Gasteiger partial charge in [0.2, 0.25) is 0 Å². The number of hydrogen-bond donors (Lipinski definition) is 2. The third kappa shape index (κ3) is 4.75. The van der Waals surface area contributed by atoms with E-state index in [0.29, 0.717) is 13.0 Å². The topological polar surface area (TPSA) is 72.9 Å². The molecule has 3 atom stereocenters. The van der Waals surface area contributed by atoms with E-state index in [4.69, 9.17) is 0 Å². The van der Waals surface area contributed by atoms with Gasteiger partial charge < -0.3 is 20.2 Å². The van der Waals surface area contributed by atoms with Crippen LogP contribution in [0.1, 0.15) is 37.8 Å². The van der Waals surface area contributed by atoms with E-state index < -0.39 is 11.9 Å². The average Bonchev–Trinajstić information content (AvgIpc) is 3.14. The van der Waals surface area contributed by atoms with E-state index >= 15 is 0 Å². The summed E-state index contributed by atoms with van der Waals surface area (Å²) in [5.74, 6) is -1.09. The normalized spacial score (nSPS) is 25.0. The first-order valence-electron chi connectivity index (χ1n) is 9.58. The van der Waals surface area contributed by atoms with Crippen molar-refractivity contribution in [3.05, 3.63) is 35.9 Å². The predicted molar refractivity (Wildman–Crippen MR) is 99.9 cm³/mol. The second-order valence-electron chi connectivity index (χ2n) is 7.70. The van der Waals surface area contributed by atoms with Crippen molar-refractivity contribution < 1.29 is 14.7 Å². The molecule has 2 saturated heterocycles. The van der Waals surface area contributed by atoms with Gasteiger partial charge in [0.1, 0.15) is 0 Å². The number of urea groups is 1. The summed E-state index contributed by atoms with van der Waals surface area (Å²) in [5, 5.41) is 12.5. The van der Waals surface area contributed by atoms with Gasteiger partial charge in [-0.3, -0.25) is 4.79 Å². The molecule has 2 N–H and O–H groups in total. The molecule has 2 aliphatic rings. The molecule has 3 rings (SSSR count). The van der Waals surface area contributed by atoms with Gasteiger partial charge in [0.15, 0.2) is 0 Å². The van der Waals surface area contributed by atoms with E-state index in [1.807, 2.05) is 37.3 Å². The number of carboxylic acid groups (broad SMARTS) is 1. The lowest BCUT2D eigenvalue weighted by atomic mass is 9.91. The molecular formula is C20H29N3O3. The summed E-state index contributed by atoms with van der Waals surface area (Å²) in [6.45, 7) is 5.84. The zero-order valence-electron chi connectivity index (χ0n) is 15.4. The maximum Gasteiger partial charge on any atom is 0.317 e. The molecule has 0 aromatic heterocycles. The molecule has 0 aliphatic carbocycles. The Hall–Kier alpha value is -2.08. The number of nitrogens with one attached hydrogen (secondary N) is 1. The quantitative estimate of drug-likeness (QED) is 0.847. The lowest BCUT2D eigenvalue weighted by Gasteiger charge is -2.36. The molecule has 1 aromatic rings. The highest BCUT2D eigenvalue weighted by Gasteiger charge is 2.33. The van der Waals surface area contributed by atoms with Crippen molar-refractivity contribution >= 4 is 12.0 Å². The number of amides is 2. The highest BCUT2D eigenvalue weighted by molar-refractivity contribution is 5.77. The Morgan fingerprint density at radius 1 is 1.19 bits per heavy atom. The SMILES string of the molecule is CC1CC(C(=O)O)CN(C(=O)NC(CN2CCCC2)c2ccccc2)C1. The monoisotopic (exact) mass is 359 g/mol. The van der Waals surface area contributed by atoms with Crippen molar-refractivity contribution in [3.8, 4) is 0 Å². The Bertz CT molecular complexity index is 616. The van der Waals surface area contributed by atoms with Crippen LogP contribution in [-0.2, 0) is 4.79 Å². The minimum atomic E-state index is -0.814. The fourth-order valence-corrected chi connectivity index (χ4v) is 4.08. The zero-order chi connectivity index (χ0) is 18.5. The van der Waals surface area contributed by atoms with Crippen LogP contribution in [0.5, 0.6) is 0 Å². The first-order chi connectivity index (χ1) is 12.5. The first kappa shape index (κ1) is 18.7. The van der Waals surface area contributed by atoms with Crippen molar-refractivity contribution in [3.63, 3.8) is 0 Å². The fraction of sp³-hybridized carbons (Fsp3) is 0.600. The molecule has 1 aromatic carbocycles. The van der Waals surface area contributed by atoms with Crippen LogP contribution in [0.15, 0.2) is 30.3 Å². The molecule has 6 heteroatoms. The number of rotatable bonds is 5. The molecule has 6 nitrogen and oxygen atoms in total. The summed E-state index contributed by atoms with van der Waals surface area (Å²) in [5.41, 5.74) is 1.09. The summed E-state index contributed by atoms with van der Waals surface area (Å²) in [4.78, 5) is 28.3. The molecule has 2 amide bonds. The van der Waals surface area contributed by atoms with Crippen molar-refractivity contribution in [2.45, 2.75) is 32.2 Å². The van der Waals surface area contributed by atoms with Crippen molar-refractivity contribution in [2.75, 3.05) is 32.7 Å².